The van der Waals surface area contributed by atoms with Gasteiger partial charge >= 0.3 is 0 Å². The fraction of sp³-hybridized carbons (Fsp3) is 0.381. The SMILES string of the molecule is CC[C@H](C(=O)N[C@H](C)c1ccc(S(C)(=O)=O)cc1)N(c1ccc(C)cc1)S(C)(=O)=O. The number of aryl methyl sites for hydroxylation is 1. The molecule has 0 bridgehead atoms. The average molecular weight is 453 g/mol. The van der Waals surface area contributed by atoms with Crippen LogP contribution < -0.4 is 9.62 Å². The van der Waals surface area contributed by atoms with Crippen molar-refractivity contribution in [2.75, 3.05) is 16.8 Å². The summed E-state index contributed by atoms with van der Waals surface area (Å²) in [6.07, 6.45) is 2.49. The normalized spacial score (nSPS) is 14.0. The molecule has 2 aromatic rings. The van der Waals surface area contributed by atoms with E-state index in [1.54, 1.807) is 50.2 Å². The van der Waals surface area contributed by atoms with E-state index in [0.717, 1.165) is 22.4 Å². The van der Waals surface area contributed by atoms with Gasteiger partial charge in [0.1, 0.15) is 6.04 Å². The Bertz CT molecular complexity index is 1090. The van der Waals surface area contributed by atoms with Crippen LogP contribution in [0.4, 0.5) is 5.69 Å². The monoisotopic (exact) mass is 452 g/mol. The number of nitrogens with zero attached hydrogens (tertiary/aromatic N) is 1. The van der Waals surface area contributed by atoms with E-state index < -0.39 is 37.9 Å². The van der Waals surface area contributed by atoms with Gasteiger partial charge in [0.15, 0.2) is 9.84 Å². The fourth-order valence-corrected chi connectivity index (χ4v) is 4.99. The summed E-state index contributed by atoms with van der Waals surface area (Å²) in [5.41, 5.74) is 2.12. The summed E-state index contributed by atoms with van der Waals surface area (Å²) in [6.45, 7) is 5.41. The lowest BCUT2D eigenvalue weighted by Gasteiger charge is -2.31. The van der Waals surface area contributed by atoms with Gasteiger partial charge in [-0.1, -0.05) is 36.8 Å². The Labute approximate surface area is 179 Å². The Hall–Kier alpha value is -2.39. The van der Waals surface area contributed by atoms with E-state index in [2.05, 4.69) is 5.32 Å². The van der Waals surface area contributed by atoms with Gasteiger partial charge in [-0.05, 0) is 50.1 Å². The van der Waals surface area contributed by atoms with E-state index in [-0.39, 0.29) is 11.3 Å². The lowest BCUT2D eigenvalue weighted by Crippen LogP contribution is -2.49. The van der Waals surface area contributed by atoms with Crippen molar-refractivity contribution in [2.45, 2.75) is 44.2 Å². The van der Waals surface area contributed by atoms with Crippen LogP contribution in [-0.4, -0.2) is 41.3 Å². The van der Waals surface area contributed by atoms with E-state index in [1.807, 2.05) is 6.92 Å². The number of sulfonamides is 1. The van der Waals surface area contributed by atoms with E-state index in [4.69, 9.17) is 0 Å². The number of hydrogen-bond donors (Lipinski definition) is 1. The lowest BCUT2D eigenvalue weighted by atomic mass is 10.1. The number of anilines is 1. The summed E-state index contributed by atoms with van der Waals surface area (Å²) in [5.74, 6) is -0.428. The van der Waals surface area contributed by atoms with Crippen molar-refractivity contribution in [3.05, 3.63) is 59.7 Å². The molecular formula is C21H28N2O5S2. The number of carbonyl (C=O) groups excluding carboxylic acids is 1. The van der Waals surface area contributed by atoms with Gasteiger partial charge in [0, 0.05) is 6.26 Å². The summed E-state index contributed by atoms with van der Waals surface area (Å²) in [6, 6.07) is 11.8. The topological polar surface area (TPSA) is 101 Å². The molecule has 0 aromatic heterocycles. The second-order valence-corrected chi connectivity index (χ2v) is 11.3. The van der Waals surface area contributed by atoms with Crippen LogP contribution in [0.15, 0.2) is 53.4 Å². The molecule has 2 rings (SSSR count). The van der Waals surface area contributed by atoms with Gasteiger partial charge in [0.2, 0.25) is 15.9 Å². The predicted molar refractivity (Wildman–Crippen MR) is 119 cm³/mol. The quantitative estimate of drug-likeness (QED) is 0.664. The molecule has 0 radical (unpaired) electrons. The van der Waals surface area contributed by atoms with Gasteiger partial charge in [-0.3, -0.25) is 9.10 Å². The summed E-state index contributed by atoms with van der Waals surface area (Å²) in [7, 11) is -7.01. The molecule has 0 spiro atoms. The Morgan fingerprint density at radius 2 is 1.50 bits per heavy atom. The first kappa shape index (κ1) is 23.9. The summed E-state index contributed by atoms with van der Waals surface area (Å²) >= 11 is 0. The van der Waals surface area contributed by atoms with Crippen molar-refractivity contribution in [1.29, 1.82) is 0 Å². The zero-order valence-corrected chi connectivity index (χ0v) is 19.4. The van der Waals surface area contributed by atoms with Gasteiger partial charge in [0.05, 0.1) is 22.9 Å². The Morgan fingerprint density at radius 3 is 1.93 bits per heavy atom. The highest BCUT2D eigenvalue weighted by Crippen LogP contribution is 2.24. The molecule has 0 saturated heterocycles. The van der Waals surface area contributed by atoms with E-state index >= 15 is 0 Å². The summed E-state index contributed by atoms with van der Waals surface area (Å²) < 4.78 is 49.4. The first-order valence-electron chi connectivity index (χ1n) is 9.51. The molecule has 0 fully saturated rings. The van der Waals surface area contributed by atoms with Crippen LogP contribution in [0, 0.1) is 6.92 Å². The Kier molecular flexibility index (Phi) is 7.31. The first-order chi connectivity index (χ1) is 13.8. The highest BCUT2D eigenvalue weighted by molar-refractivity contribution is 7.92. The average Bonchev–Trinajstić information content (AvgIpc) is 2.65. The molecular weight excluding hydrogens is 424 g/mol. The molecule has 2 atom stereocenters. The minimum absolute atomic E-state index is 0.193. The molecule has 0 aliphatic carbocycles. The van der Waals surface area contributed by atoms with Gasteiger partial charge in [-0.25, -0.2) is 16.8 Å². The molecule has 9 heteroatoms. The molecule has 1 amide bonds. The largest absolute Gasteiger partial charge is 0.348 e. The predicted octanol–water partition coefficient (Wildman–Crippen LogP) is 2.82. The lowest BCUT2D eigenvalue weighted by molar-refractivity contribution is -0.122. The number of benzene rings is 2. The number of nitrogens with one attached hydrogen (secondary N) is 1. The second kappa shape index (κ2) is 9.18. The van der Waals surface area contributed by atoms with E-state index in [9.17, 15) is 21.6 Å². The maximum absolute atomic E-state index is 13.0. The molecule has 0 aliphatic rings. The molecule has 30 heavy (non-hydrogen) atoms. The zero-order valence-electron chi connectivity index (χ0n) is 17.8. The molecule has 2 aromatic carbocycles. The van der Waals surface area contributed by atoms with Crippen LogP contribution in [0.3, 0.4) is 0 Å². The standard InChI is InChI=1S/C21H28N2O5S2/c1-6-20(23(30(5,27)28)18-11-7-15(2)8-12-18)21(24)22-16(3)17-9-13-19(14-10-17)29(4,25)26/h7-14,16,20H,6H2,1-5H3,(H,22,24)/t16-,20-/m1/s1. The number of hydrogen-bond acceptors (Lipinski definition) is 5. The maximum Gasteiger partial charge on any atom is 0.244 e. The number of rotatable bonds is 8. The van der Waals surface area contributed by atoms with Crippen LogP contribution in [-0.2, 0) is 24.7 Å². The van der Waals surface area contributed by atoms with Crippen molar-refractivity contribution in [1.82, 2.24) is 5.32 Å². The summed E-state index contributed by atoms with van der Waals surface area (Å²) in [4.78, 5) is 13.2. The minimum Gasteiger partial charge on any atom is -0.348 e. The van der Waals surface area contributed by atoms with Gasteiger partial charge in [0.25, 0.3) is 0 Å². The Morgan fingerprint density at radius 1 is 0.967 bits per heavy atom. The molecule has 1 N–H and O–H groups in total. The third kappa shape index (κ3) is 5.82. The number of amides is 1. The minimum atomic E-state index is -3.70. The molecule has 0 saturated carbocycles. The third-order valence-electron chi connectivity index (χ3n) is 4.79. The maximum atomic E-state index is 13.0. The van der Waals surface area contributed by atoms with Crippen molar-refractivity contribution in [3.8, 4) is 0 Å². The van der Waals surface area contributed by atoms with Crippen molar-refractivity contribution in [3.63, 3.8) is 0 Å². The van der Waals surface area contributed by atoms with Crippen molar-refractivity contribution in [2.24, 2.45) is 0 Å². The van der Waals surface area contributed by atoms with Crippen LogP contribution in [0.1, 0.15) is 37.4 Å². The zero-order chi connectivity index (χ0) is 22.7. The van der Waals surface area contributed by atoms with Crippen LogP contribution in [0.25, 0.3) is 0 Å². The smallest absolute Gasteiger partial charge is 0.244 e. The van der Waals surface area contributed by atoms with Crippen LogP contribution in [0.2, 0.25) is 0 Å². The molecule has 164 valence electrons. The van der Waals surface area contributed by atoms with Gasteiger partial charge < -0.3 is 5.32 Å². The molecule has 0 unspecified atom stereocenters. The fourth-order valence-electron chi connectivity index (χ4n) is 3.15. The highest BCUT2D eigenvalue weighted by atomic mass is 32.2. The number of sulfone groups is 1. The second-order valence-electron chi connectivity index (χ2n) is 7.39. The van der Waals surface area contributed by atoms with Crippen LogP contribution >= 0.6 is 0 Å². The molecule has 0 aliphatic heterocycles. The third-order valence-corrected chi connectivity index (χ3v) is 7.09. The van der Waals surface area contributed by atoms with Crippen molar-refractivity contribution < 1.29 is 21.6 Å². The summed E-state index contributed by atoms with van der Waals surface area (Å²) in [5, 5.41) is 2.84. The van der Waals surface area contributed by atoms with Gasteiger partial charge in [-0.2, -0.15) is 0 Å². The highest BCUT2D eigenvalue weighted by Gasteiger charge is 2.32. The van der Waals surface area contributed by atoms with Crippen molar-refractivity contribution >= 4 is 31.5 Å². The van der Waals surface area contributed by atoms with Gasteiger partial charge in [-0.15, -0.1) is 0 Å². The van der Waals surface area contributed by atoms with Crippen LogP contribution in [0.5, 0.6) is 0 Å². The van der Waals surface area contributed by atoms with E-state index in [0.29, 0.717) is 11.3 Å². The first-order valence-corrected chi connectivity index (χ1v) is 13.2. The molecule has 7 nitrogen and oxygen atoms in total. The number of carbonyl (C=O) groups is 1. The Balaban J connectivity index is 2.28. The van der Waals surface area contributed by atoms with E-state index in [1.165, 1.54) is 12.1 Å². The molecule has 0 heterocycles.